The van der Waals surface area contributed by atoms with Gasteiger partial charge < -0.3 is 14.8 Å². The highest BCUT2D eigenvalue weighted by Gasteiger charge is 2.16. The molecule has 3 heterocycles. The molecule has 0 saturated carbocycles. The number of ether oxygens (including phenoxy) is 2. The van der Waals surface area contributed by atoms with Crippen LogP contribution in [0.15, 0.2) is 6.33 Å². The Balaban J connectivity index is 1.80. The fourth-order valence-electron chi connectivity index (χ4n) is 2.18. The van der Waals surface area contributed by atoms with Crippen LogP contribution in [0.3, 0.4) is 0 Å². The van der Waals surface area contributed by atoms with E-state index in [4.69, 9.17) is 9.47 Å². The van der Waals surface area contributed by atoms with Crippen LogP contribution in [-0.2, 0) is 9.47 Å². The molecule has 19 heavy (non-hydrogen) atoms. The molecule has 0 aromatic carbocycles. The Morgan fingerprint density at radius 3 is 3.05 bits per heavy atom. The van der Waals surface area contributed by atoms with E-state index in [2.05, 4.69) is 29.1 Å². The molecule has 5 nitrogen and oxygen atoms in total. The third-order valence-electron chi connectivity index (χ3n) is 3.35. The molecular formula is C13H17N3O2S. The Bertz CT molecular complexity index is 579. The summed E-state index contributed by atoms with van der Waals surface area (Å²) < 4.78 is 11.0. The zero-order valence-electron chi connectivity index (χ0n) is 11.1. The average Bonchev–Trinajstić information content (AvgIpc) is 2.74. The van der Waals surface area contributed by atoms with Crippen LogP contribution in [0, 0.1) is 13.8 Å². The number of nitrogens with one attached hydrogen (secondary N) is 1. The van der Waals surface area contributed by atoms with Gasteiger partial charge in [0.25, 0.3) is 0 Å². The van der Waals surface area contributed by atoms with E-state index in [-0.39, 0.29) is 6.10 Å². The van der Waals surface area contributed by atoms with Crippen molar-refractivity contribution in [2.75, 3.05) is 31.7 Å². The summed E-state index contributed by atoms with van der Waals surface area (Å²) in [5.41, 5.74) is 1.25. The van der Waals surface area contributed by atoms with Crippen LogP contribution < -0.4 is 5.32 Å². The van der Waals surface area contributed by atoms with Gasteiger partial charge in [0.1, 0.15) is 17.0 Å². The first-order chi connectivity index (χ1) is 9.25. The Morgan fingerprint density at radius 2 is 2.26 bits per heavy atom. The molecule has 0 aliphatic carbocycles. The van der Waals surface area contributed by atoms with Crippen molar-refractivity contribution in [3.05, 3.63) is 16.8 Å². The minimum Gasteiger partial charge on any atom is -0.376 e. The molecule has 0 bridgehead atoms. The number of aromatic nitrogens is 2. The molecule has 3 rings (SSSR count). The summed E-state index contributed by atoms with van der Waals surface area (Å²) in [5, 5.41) is 4.49. The Labute approximate surface area is 116 Å². The second kappa shape index (κ2) is 5.40. The second-order valence-electron chi connectivity index (χ2n) is 4.63. The van der Waals surface area contributed by atoms with E-state index in [1.165, 1.54) is 10.4 Å². The Kier molecular flexibility index (Phi) is 3.63. The van der Waals surface area contributed by atoms with Crippen molar-refractivity contribution in [3.63, 3.8) is 0 Å². The molecule has 1 unspecified atom stereocenters. The van der Waals surface area contributed by atoms with Gasteiger partial charge in [-0.25, -0.2) is 9.97 Å². The molecule has 1 aliphatic heterocycles. The molecule has 1 fully saturated rings. The predicted molar refractivity (Wildman–Crippen MR) is 75.9 cm³/mol. The van der Waals surface area contributed by atoms with E-state index < -0.39 is 0 Å². The number of nitrogens with zero attached hydrogens (tertiary/aromatic N) is 2. The van der Waals surface area contributed by atoms with Gasteiger partial charge in [-0.3, -0.25) is 0 Å². The van der Waals surface area contributed by atoms with Gasteiger partial charge in [-0.2, -0.15) is 0 Å². The first-order valence-electron chi connectivity index (χ1n) is 6.39. The third-order valence-corrected chi connectivity index (χ3v) is 4.46. The number of fused-ring (bicyclic) bond motifs is 1. The summed E-state index contributed by atoms with van der Waals surface area (Å²) in [6.07, 6.45) is 1.71. The smallest absolute Gasteiger partial charge is 0.138 e. The standard InChI is InChI=1S/C13H17N3O2S/c1-8-9(2)19-13-11(8)12(15-7-16-13)14-5-10-6-17-3-4-18-10/h7,10H,3-6H2,1-2H3,(H,14,15,16). The number of hydrogen-bond donors (Lipinski definition) is 1. The lowest BCUT2D eigenvalue weighted by Crippen LogP contribution is -2.34. The number of hydrogen-bond acceptors (Lipinski definition) is 6. The quantitative estimate of drug-likeness (QED) is 0.933. The fourth-order valence-corrected chi connectivity index (χ4v) is 3.18. The van der Waals surface area contributed by atoms with Gasteiger partial charge in [0.05, 0.1) is 31.3 Å². The molecule has 0 amide bonds. The molecule has 102 valence electrons. The van der Waals surface area contributed by atoms with Crippen molar-refractivity contribution in [3.8, 4) is 0 Å². The van der Waals surface area contributed by atoms with Crippen molar-refractivity contribution in [1.82, 2.24) is 9.97 Å². The molecule has 1 N–H and O–H groups in total. The molecule has 0 radical (unpaired) electrons. The van der Waals surface area contributed by atoms with Gasteiger partial charge >= 0.3 is 0 Å². The molecule has 0 spiro atoms. The van der Waals surface area contributed by atoms with Gasteiger partial charge in [0, 0.05) is 11.4 Å². The lowest BCUT2D eigenvalue weighted by Gasteiger charge is -2.23. The molecule has 2 aromatic rings. The minimum atomic E-state index is 0.0961. The molecular weight excluding hydrogens is 262 g/mol. The van der Waals surface area contributed by atoms with E-state index in [1.54, 1.807) is 17.7 Å². The van der Waals surface area contributed by atoms with Crippen LogP contribution >= 0.6 is 11.3 Å². The second-order valence-corrected chi connectivity index (χ2v) is 5.84. The zero-order chi connectivity index (χ0) is 13.2. The molecule has 1 atom stereocenters. The predicted octanol–water partition coefficient (Wildman–Crippen LogP) is 2.14. The summed E-state index contributed by atoms with van der Waals surface area (Å²) in [7, 11) is 0. The minimum absolute atomic E-state index is 0.0961. The van der Waals surface area contributed by atoms with Crippen molar-refractivity contribution < 1.29 is 9.47 Å². The van der Waals surface area contributed by atoms with Gasteiger partial charge in [-0.05, 0) is 19.4 Å². The van der Waals surface area contributed by atoms with E-state index in [9.17, 15) is 0 Å². The SMILES string of the molecule is Cc1sc2ncnc(NCC3COCCO3)c2c1C. The third kappa shape index (κ3) is 2.56. The summed E-state index contributed by atoms with van der Waals surface area (Å²) >= 11 is 1.71. The van der Waals surface area contributed by atoms with E-state index in [1.807, 2.05) is 0 Å². The van der Waals surface area contributed by atoms with E-state index >= 15 is 0 Å². The number of rotatable bonds is 3. The first-order valence-corrected chi connectivity index (χ1v) is 7.21. The van der Waals surface area contributed by atoms with E-state index in [0.717, 1.165) is 16.0 Å². The Hall–Kier alpha value is -1.24. The van der Waals surface area contributed by atoms with Gasteiger partial charge in [0.2, 0.25) is 0 Å². The van der Waals surface area contributed by atoms with Gasteiger partial charge in [-0.15, -0.1) is 11.3 Å². The molecule has 2 aromatic heterocycles. The van der Waals surface area contributed by atoms with Crippen molar-refractivity contribution in [1.29, 1.82) is 0 Å². The molecule has 1 aliphatic rings. The monoisotopic (exact) mass is 279 g/mol. The first kappa shape index (κ1) is 12.8. The maximum Gasteiger partial charge on any atom is 0.138 e. The largest absolute Gasteiger partial charge is 0.376 e. The van der Waals surface area contributed by atoms with Gasteiger partial charge in [-0.1, -0.05) is 0 Å². The van der Waals surface area contributed by atoms with Crippen LogP contribution in [0.25, 0.3) is 10.2 Å². The number of thiophene rings is 1. The van der Waals surface area contributed by atoms with Crippen molar-refractivity contribution in [2.24, 2.45) is 0 Å². The highest BCUT2D eigenvalue weighted by atomic mass is 32.1. The summed E-state index contributed by atoms with van der Waals surface area (Å²) in [6, 6.07) is 0. The van der Waals surface area contributed by atoms with E-state index in [0.29, 0.717) is 26.4 Å². The maximum absolute atomic E-state index is 5.62. The zero-order valence-corrected chi connectivity index (χ0v) is 11.9. The normalized spacial score (nSPS) is 19.8. The molecule has 6 heteroatoms. The summed E-state index contributed by atoms with van der Waals surface area (Å²) in [5.74, 6) is 0.890. The number of anilines is 1. The molecule has 1 saturated heterocycles. The lowest BCUT2D eigenvalue weighted by molar-refractivity contribution is -0.0819. The topological polar surface area (TPSA) is 56.3 Å². The summed E-state index contributed by atoms with van der Waals surface area (Å²) in [6.45, 7) is 6.94. The fraction of sp³-hybridized carbons (Fsp3) is 0.538. The van der Waals surface area contributed by atoms with Crippen LogP contribution in [0.4, 0.5) is 5.82 Å². The average molecular weight is 279 g/mol. The highest BCUT2D eigenvalue weighted by molar-refractivity contribution is 7.18. The summed E-state index contributed by atoms with van der Waals surface area (Å²) in [4.78, 5) is 11.0. The lowest BCUT2D eigenvalue weighted by atomic mass is 10.2. The maximum atomic E-state index is 5.62. The van der Waals surface area contributed by atoms with Crippen molar-refractivity contribution in [2.45, 2.75) is 20.0 Å². The van der Waals surface area contributed by atoms with Gasteiger partial charge in [0.15, 0.2) is 0 Å². The Morgan fingerprint density at radius 1 is 1.37 bits per heavy atom. The van der Waals surface area contributed by atoms with Crippen LogP contribution in [0.5, 0.6) is 0 Å². The van der Waals surface area contributed by atoms with Crippen LogP contribution in [0.1, 0.15) is 10.4 Å². The highest BCUT2D eigenvalue weighted by Crippen LogP contribution is 2.32. The van der Waals surface area contributed by atoms with Crippen molar-refractivity contribution >= 4 is 27.4 Å². The van der Waals surface area contributed by atoms with Crippen LogP contribution in [0.2, 0.25) is 0 Å². The van der Waals surface area contributed by atoms with Crippen LogP contribution in [-0.4, -0.2) is 42.4 Å². The number of aryl methyl sites for hydroxylation is 2.